The second-order valence-corrected chi connectivity index (χ2v) is 4.08. The average molecular weight is 300 g/mol. The van der Waals surface area contributed by atoms with Crippen molar-refractivity contribution in [2.75, 3.05) is 18.9 Å². The number of hydrogen-bond acceptors (Lipinski definition) is 5. The summed E-state index contributed by atoms with van der Waals surface area (Å²) in [4.78, 5) is 11.9. The Morgan fingerprint density at radius 2 is 2.10 bits per heavy atom. The first-order chi connectivity index (χ1) is 9.17. The summed E-state index contributed by atoms with van der Waals surface area (Å²) in [5, 5.41) is 0.691. The number of hydrogen-bond donors (Lipinski definition) is 1. The van der Waals surface area contributed by atoms with Gasteiger partial charge in [0.25, 0.3) is 5.76 Å². The Morgan fingerprint density at radius 3 is 2.75 bits per heavy atom. The van der Waals surface area contributed by atoms with Gasteiger partial charge < -0.3 is 19.6 Å². The van der Waals surface area contributed by atoms with Gasteiger partial charge in [0.15, 0.2) is 5.75 Å². The highest BCUT2D eigenvalue weighted by atomic mass is 35.5. The van der Waals surface area contributed by atoms with Gasteiger partial charge in [0.2, 0.25) is 0 Å². The van der Waals surface area contributed by atoms with E-state index in [4.69, 9.17) is 19.6 Å². The summed E-state index contributed by atoms with van der Waals surface area (Å²) in [5.74, 6) is -0.0260. The molecule has 1 aromatic heterocycles. The van der Waals surface area contributed by atoms with Crippen LogP contribution in [0.15, 0.2) is 22.6 Å². The van der Waals surface area contributed by atoms with E-state index in [-0.39, 0.29) is 24.8 Å². The maximum Gasteiger partial charge on any atom is 0.378 e. The fraction of sp³-hybridized carbons (Fsp3) is 0.357. The van der Waals surface area contributed by atoms with E-state index in [9.17, 15) is 4.79 Å². The zero-order valence-corrected chi connectivity index (χ0v) is 12.3. The van der Waals surface area contributed by atoms with Crippen LogP contribution in [0.5, 0.6) is 5.75 Å². The van der Waals surface area contributed by atoms with Crippen LogP contribution in [0.2, 0.25) is 0 Å². The molecule has 0 saturated heterocycles. The lowest BCUT2D eigenvalue weighted by molar-refractivity contribution is 0.0486. The lowest BCUT2D eigenvalue weighted by Gasteiger charge is -2.05. The number of benzene rings is 1. The number of fused-ring (bicyclic) bond motifs is 1. The van der Waals surface area contributed by atoms with E-state index >= 15 is 0 Å². The molecule has 0 bridgehead atoms. The van der Waals surface area contributed by atoms with Crippen molar-refractivity contribution in [3.8, 4) is 5.75 Å². The number of nitrogen functional groups attached to an aromatic ring is 1. The molecule has 2 rings (SSSR count). The topological polar surface area (TPSA) is 74.7 Å². The third-order valence-corrected chi connectivity index (χ3v) is 2.58. The molecular weight excluding hydrogens is 282 g/mol. The molecule has 0 saturated carbocycles. The van der Waals surface area contributed by atoms with Crippen LogP contribution in [0.3, 0.4) is 0 Å². The Kier molecular flexibility index (Phi) is 5.70. The zero-order chi connectivity index (χ0) is 13.8. The molecular formula is C14H18ClNO4. The van der Waals surface area contributed by atoms with Crippen molar-refractivity contribution in [3.63, 3.8) is 0 Å². The van der Waals surface area contributed by atoms with E-state index in [1.165, 1.54) is 0 Å². The van der Waals surface area contributed by atoms with Crippen LogP contribution in [0.1, 0.15) is 30.8 Å². The Balaban J connectivity index is 0.00000200. The van der Waals surface area contributed by atoms with Crippen LogP contribution >= 0.6 is 12.4 Å². The van der Waals surface area contributed by atoms with Gasteiger partial charge in [-0.2, -0.15) is 0 Å². The molecule has 6 heteroatoms. The predicted molar refractivity (Wildman–Crippen MR) is 79.6 cm³/mol. The highest BCUT2D eigenvalue weighted by Crippen LogP contribution is 2.35. The van der Waals surface area contributed by atoms with E-state index in [0.717, 1.165) is 6.42 Å². The summed E-state index contributed by atoms with van der Waals surface area (Å²) in [7, 11) is 0. The number of furan rings is 1. The van der Waals surface area contributed by atoms with Crippen molar-refractivity contribution in [1.82, 2.24) is 0 Å². The van der Waals surface area contributed by atoms with Crippen LogP contribution < -0.4 is 10.5 Å². The molecule has 110 valence electrons. The fourth-order valence-corrected chi connectivity index (χ4v) is 1.77. The maximum absolute atomic E-state index is 11.9. The molecule has 0 aliphatic carbocycles. The van der Waals surface area contributed by atoms with Crippen LogP contribution in [0.25, 0.3) is 11.0 Å². The SMILES string of the molecule is CCCOc1c(C(=O)OCC)oc2ccc(N)cc12.Cl. The Bertz CT molecular complexity index is 594. The molecule has 0 unspecified atom stereocenters. The minimum atomic E-state index is -0.525. The number of carbonyl (C=O) groups excluding carboxylic acids is 1. The number of halogens is 1. The zero-order valence-electron chi connectivity index (χ0n) is 11.5. The lowest BCUT2D eigenvalue weighted by atomic mass is 10.2. The smallest absolute Gasteiger partial charge is 0.378 e. The summed E-state index contributed by atoms with van der Waals surface area (Å²) in [6, 6.07) is 5.16. The van der Waals surface area contributed by atoms with Gasteiger partial charge in [-0.1, -0.05) is 6.92 Å². The molecule has 1 aromatic carbocycles. The van der Waals surface area contributed by atoms with Gasteiger partial charge in [-0.15, -0.1) is 12.4 Å². The first-order valence-corrected chi connectivity index (χ1v) is 6.29. The number of rotatable bonds is 5. The molecule has 5 nitrogen and oxygen atoms in total. The van der Waals surface area contributed by atoms with Gasteiger partial charge in [0, 0.05) is 5.69 Å². The van der Waals surface area contributed by atoms with Crippen molar-refractivity contribution in [2.24, 2.45) is 0 Å². The number of esters is 1. The van der Waals surface area contributed by atoms with Crippen LogP contribution in [0.4, 0.5) is 5.69 Å². The fourth-order valence-electron chi connectivity index (χ4n) is 1.77. The van der Waals surface area contributed by atoms with Crippen molar-refractivity contribution in [3.05, 3.63) is 24.0 Å². The monoisotopic (exact) mass is 299 g/mol. The van der Waals surface area contributed by atoms with Crippen molar-refractivity contribution >= 4 is 35.0 Å². The number of nitrogens with two attached hydrogens (primary N) is 1. The summed E-state index contributed by atoms with van der Waals surface area (Å²) in [5.41, 5.74) is 6.90. The maximum atomic E-state index is 11.9. The van der Waals surface area contributed by atoms with E-state index in [0.29, 0.717) is 29.0 Å². The molecule has 0 atom stereocenters. The molecule has 1 heterocycles. The summed E-state index contributed by atoms with van der Waals surface area (Å²) in [6.45, 7) is 4.51. The Labute approximate surface area is 123 Å². The van der Waals surface area contributed by atoms with E-state index in [1.54, 1.807) is 25.1 Å². The van der Waals surface area contributed by atoms with Gasteiger partial charge in [-0.3, -0.25) is 0 Å². The predicted octanol–water partition coefficient (Wildman–Crippen LogP) is 3.40. The Morgan fingerprint density at radius 1 is 1.35 bits per heavy atom. The largest absolute Gasteiger partial charge is 0.489 e. The van der Waals surface area contributed by atoms with Crippen molar-refractivity contribution in [2.45, 2.75) is 20.3 Å². The van der Waals surface area contributed by atoms with Gasteiger partial charge in [-0.25, -0.2) is 4.79 Å². The van der Waals surface area contributed by atoms with Gasteiger partial charge >= 0.3 is 5.97 Å². The van der Waals surface area contributed by atoms with E-state index in [2.05, 4.69) is 0 Å². The number of carbonyl (C=O) groups is 1. The third kappa shape index (κ3) is 3.17. The van der Waals surface area contributed by atoms with Crippen molar-refractivity contribution < 1.29 is 18.7 Å². The molecule has 0 aliphatic rings. The Hall–Kier alpha value is -1.88. The molecule has 0 fully saturated rings. The number of ether oxygens (including phenoxy) is 2. The number of anilines is 1. The van der Waals surface area contributed by atoms with Crippen LogP contribution in [-0.4, -0.2) is 19.2 Å². The molecule has 0 spiro atoms. The minimum absolute atomic E-state index is 0. The summed E-state index contributed by atoms with van der Waals surface area (Å²) in [6.07, 6.45) is 0.831. The van der Waals surface area contributed by atoms with Gasteiger partial charge in [-0.05, 0) is 31.5 Å². The minimum Gasteiger partial charge on any atom is -0.489 e. The molecule has 0 amide bonds. The lowest BCUT2D eigenvalue weighted by Crippen LogP contribution is -2.06. The van der Waals surface area contributed by atoms with Crippen LogP contribution in [0, 0.1) is 0 Å². The standard InChI is InChI=1S/C14H17NO4.ClH/c1-3-7-18-12-10-8-9(15)5-6-11(10)19-13(12)14(16)17-4-2;/h5-6,8H,3-4,7,15H2,1-2H3;1H. The highest BCUT2D eigenvalue weighted by Gasteiger charge is 2.23. The summed E-state index contributed by atoms with van der Waals surface area (Å²) < 4.78 is 16.1. The van der Waals surface area contributed by atoms with Gasteiger partial charge in [0.1, 0.15) is 5.58 Å². The quantitative estimate of drug-likeness (QED) is 0.676. The van der Waals surface area contributed by atoms with E-state index in [1.807, 2.05) is 6.92 Å². The normalized spacial score (nSPS) is 10.1. The molecule has 0 aliphatic heterocycles. The first kappa shape index (κ1) is 16.2. The molecule has 2 N–H and O–H groups in total. The summed E-state index contributed by atoms with van der Waals surface area (Å²) >= 11 is 0. The average Bonchev–Trinajstić information content (AvgIpc) is 2.74. The molecule has 0 radical (unpaired) electrons. The third-order valence-electron chi connectivity index (χ3n) is 2.58. The second kappa shape index (κ2) is 7.05. The second-order valence-electron chi connectivity index (χ2n) is 4.08. The van der Waals surface area contributed by atoms with Crippen LogP contribution in [-0.2, 0) is 4.74 Å². The van der Waals surface area contributed by atoms with Gasteiger partial charge in [0.05, 0.1) is 18.6 Å². The highest BCUT2D eigenvalue weighted by molar-refractivity contribution is 5.99. The molecule has 2 aromatic rings. The van der Waals surface area contributed by atoms with E-state index < -0.39 is 5.97 Å². The van der Waals surface area contributed by atoms with Crippen molar-refractivity contribution in [1.29, 1.82) is 0 Å². The first-order valence-electron chi connectivity index (χ1n) is 6.29. The molecule has 20 heavy (non-hydrogen) atoms.